The minimum absolute atomic E-state index is 0.713. The Bertz CT molecular complexity index is 362. The average Bonchev–Trinajstić information content (AvgIpc) is 2.33. The highest BCUT2D eigenvalue weighted by molar-refractivity contribution is 5.22. The van der Waals surface area contributed by atoms with Crippen molar-refractivity contribution in [2.75, 3.05) is 19.6 Å². The fourth-order valence-corrected chi connectivity index (χ4v) is 2.74. The standard InChI is InChI=1S/C16H26N2/c1-3-16-8-11-18(10-5-9-17-16)13-15-7-4-6-14(2)12-15/h4,6-7,12,16-17H,3,5,8-11,13H2,1-2H3. The van der Waals surface area contributed by atoms with Crippen LogP contribution in [0.4, 0.5) is 0 Å². The van der Waals surface area contributed by atoms with E-state index in [1.165, 1.54) is 50.0 Å². The van der Waals surface area contributed by atoms with Gasteiger partial charge in [-0.3, -0.25) is 4.90 Å². The van der Waals surface area contributed by atoms with E-state index in [1.807, 2.05) is 0 Å². The topological polar surface area (TPSA) is 15.3 Å². The Morgan fingerprint density at radius 2 is 2.22 bits per heavy atom. The lowest BCUT2D eigenvalue weighted by molar-refractivity contribution is 0.224. The van der Waals surface area contributed by atoms with E-state index in [2.05, 4.69) is 48.3 Å². The molecule has 0 bridgehead atoms. The smallest absolute Gasteiger partial charge is 0.0233 e. The van der Waals surface area contributed by atoms with E-state index < -0.39 is 0 Å². The van der Waals surface area contributed by atoms with Gasteiger partial charge in [-0.05, 0) is 51.4 Å². The summed E-state index contributed by atoms with van der Waals surface area (Å²) in [5.74, 6) is 0. The number of rotatable bonds is 3. The van der Waals surface area contributed by atoms with Gasteiger partial charge in [-0.25, -0.2) is 0 Å². The molecular weight excluding hydrogens is 220 g/mol. The summed E-state index contributed by atoms with van der Waals surface area (Å²) >= 11 is 0. The molecule has 0 spiro atoms. The van der Waals surface area contributed by atoms with Crippen LogP contribution in [0.3, 0.4) is 0 Å². The largest absolute Gasteiger partial charge is 0.314 e. The molecular formula is C16H26N2. The molecule has 0 aromatic heterocycles. The summed E-state index contributed by atoms with van der Waals surface area (Å²) in [6.07, 6.45) is 3.79. The first-order chi connectivity index (χ1) is 8.78. The first-order valence-corrected chi connectivity index (χ1v) is 7.29. The molecule has 0 radical (unpaired) electrons. The number of hydrogen-bond donors (Lipinski definition) is 1. The summed E-state index contributed by atoms with van der Waals surface area (Å²) < 4.78 is 0. The van der Waals surface area contributed by atoms with Gasteiger partial charge in [0.2, 0.25) is 0 Å². The molecule has 2 nitrogen and oxygen atoms in total. The van der Waals surface area contributed by atoms with Crippen molar-refractivity contribution >= 4 is 0 Å². The van der Waals surface area contributed by atoms with E-state index in [0.29, 0.717) is 6.04 Å². The van der Waals surface area contributed by atoms with Gasteiger partial charge in [0.25, 0.3) is 0 Å². The second-order valence-electron chi connectivity index (χ2n) is 5.47. The van der Waals surface area contributed by atoms with E-state index in [4.69, 9.17) is 0 Å². The van der Waals surface area contributed by atoms with Crippen LogP contribution >= 0.6 is 0 Å². The van der Waals surface area contributed by atoms with Crippen molar-refractivity contribution in [1.82, 2.24) is 10.2 Å². The van der Waals surface area contributed by atoms with E-state index in [0.717, 1.165) is 6.54 Å². The molecule has 0 amide bonds. The Labute approximate surface area is 111 Å². The van der Waals surface area contributed by atoms with E-state index in [1.54, 1.807) is 0 Å². The number of aryl methyl sites for hydroxylation is 1. The number of hydrogen-bond acceptors (Lipinski definition) is 2. The molecule has 1 unspecified atom stereocenters. The minimum atomic E-state index is 0.713. The van der Waals surface area contributed by atoms with Crippen molar-refractivity contribution in [3.8, 4) is 0 Å². The van der Waals surface area contributed by atoms with E-state index >= 15 is 0 Å². The van der Waals surface area contributed by atoms with Gasteiger partial charge < -0.3 is 5.32 Å². The quantitative estimate of drug-likeness (QED) is 0.882. The van der Waals surface area contributed by atoms with Crippen molar-refractivity contribution in [2.24, 2.45) is 0 Å². The molecule has 2 rings (SSSR count). The second-order valence-corrected chi connectivity index (χ2v) is 5.47. The Hall–Kier alpha value is -0.860. The van der Waals surface area contributed by atoms with Crippen LogP contribution in [0, 0.1) is 6.92 Å². The maximum atomic E-state index is 3.64. The normalized spacial score (nSPS) is 22.4. The highest BCUT2D eigenvalue weighted by Gasteiger charge is 2.13. The van der Waals surface area contributed by atoms with Gasteiger partial charge in [0.15, 0.2) is 0 Å². The van der Waals surface area contributed by atoms with Gasteiger partial charge in [-0.1, -0.05) is 36.8 Å². The van der Waals surface area contributed by atoms with Crippen LogP contribution in [-0.2, 0) is 6.54 Å². The van der Waals surface area contributed by atoms with Gasteiger partial charge >= 0.3 is 0 Å². The number of nitrogens with one attached hydrogen (secondary N) is 1. The summed E-state index contributed by atoms with van der Waals surface area (Å²) in [7, 11) is 0. The SMILES string of the molecule is CCC1CCN(Cc2cccc(C)c2)CCCN1. The van der Waals surface area contributed by atoms with Crippen LogP contribution in [0.2, 0.25) is 0 Å². The highest BCUT2D eigenvalue weighted by atomic mass is 15.1. The third-order valence-corrected chi connectivity index (χ3v) is 3.86. The summed E-state index contributed by atoms with van der Waals surface area (Å²) in [5, 5.41) is 3.64. The lowest BCUT2D eigenvalue weighted by atomic mass is 10.1. The molecule has 2 heteroatoms. The van der Waals surface area contributed by atoms with Crippen molar-refractivity contribution in [3.63, 3.8) is 0 Å². The van der Waals surface area contributed by atoms with Crippen molar-refractivity contribution in [3.05, 3.63) is 35.4 Å². The Kier molecular flexibility index (Phi) is 5.21. The molecule has 1 N–H and O–H groups in total. The predicted octanol–water partition coefficient (Wildman–Crippen LogP) is 2.96. The molecule has 0 aliphatic carbocycles. The van der Waals surface area contributed by atoms with Gasteiger partial charge in [0, 0.05) is 12.6 Å². The van der Waals surface area contributed by atoms with Crippen LogP contribution in [0.25, 0.3) is 0 Å². The fourth-order valence-electron chi connectivity index (χ4n) is 2.74. The molecule has 1 saturated heterocycles. The Balaban J connectivity index is 1.91. The Morgan fingerprint density at radius 3 is 3.00 bits per heavy atom. The zero-order chi connectivity index (χ0) is 12.8. The first kappa shape index (κ1) is 13.6. The second kappa shape index (κ2) is 6.91. The molecule has 1 atom stereocenters. The lowest BCUT2D eigenvalue weighted by Gasteiger charge is -2.28. The number of benzene rings is 1. The molecule has 100 valence electrons. The molecule has 1 heterocycles. The maximum absolute atomic E-state index is 3.64. The third-order valence-electron chi connectivity index (χ3n) is 3.86. The van der Waals surface area contributed by atoms with Crippen LogP contribution in [0.1, 0.15) is 37.3 Å². The molecule has 1 fully saturated rings. The van der Waals surface area contributed by atoms with Gasteiger partial charge in [-0.2, -0.15) is 0 Å². The van der Waals surface area contributed by atoms with Crippen LogP contribution in [0.15, 0.2) is 24.3 Å². The third kappa shape index (κ3) is 4.11. The summed E-state index contributed by atoms with van der Waals surface area (Å²) in [5.41, 5.74) is 2.82. The monoisotopic (exact) mass is 246 g/mol. The number of nitrogens with zero attached hydrogens (tertiary/aromatic N) is 1. The van der Waals surface area contributed by atoms with Gasteiger partial charge in [0.1, 0.15) is 0 Å². The van der Waals surface area contributed by atoms with Gasteiger partial charge in [0.05, 0.1) is 0 Å². The lowest BCUT2D eigenvalue weighted by Crippen LogP contribution is -2.39. The van der Waals surface area contributed by atoms with Crippen LogP contribution in [-0.4, -0.2) is 30.6 Å². The predicted molar refractivity (Wildman–Crippen MR) is 77.8 cm³/mol. The minimum Gasteiger partial charge on any atom is -0.314 e. The average molecular weight is 246 g/mol. The molecule has 1 aromatic carbocycles. The zero-order valence-corrected chi connectivity index (χ0v) is 11.8. The zero-order valence-electron chi connectivity index (χ0n) is 11.8. The maximum Gasteiger partial charge on any atom is 0.0233 e. The van der Waals surface area contributed by atoms with Crippen molar-refractivity contribution in [1.29, 1.82) is 0 Å². The summed E-state index contributed by atoms with van der Waals surface area (Å²) in [6, 6.07) is 9.62. The summed E-state index contributed by atoms with van der Waals surface area (Å²) in [4.78, 5) is 2.61. The van der Waals surface area contributed by atoms with Crippen LogP contribution < -0.4 is 5.32 Å². The molecule has 1 aliphatic rings. The molecule has 1 aliphatic heterocycles. The van der Waals surface area contributed by atoms with Crippen molar-refractivity contribution < 1.29 is 0 Å². The molecule has 1 aromatic rings. The van der Waals surface area contributed by atoms with Crippen LogP contribution in [0.5, 0.6) is 0 Å². The molecule has 18 heavy (non-hydrogen) atoms. The van der Waals surface area contributed by atoms with Crippen molar-refractivity contribution in [2.45, 2.75) is 45.7 Å². The first-order valence-electron chi connectivity index (χ1n) is 7.29. The van der Waals surface area contributed by atoms with E-state index in [-0.39, 0.29) is 0 Å². The fraction of sp³-hybridized carbons (Fsp3) is 0.625. The summed E-state index contributed by atoms with van der Waals surface area (Å²) in [6.45, 7) is 9.18. The highest BCUT2D eigenvalue weighted by Crippen LogP contribution is 2.11. The molecule has 0 saturated carbocycles. The van der Waals surface area contributed by atoms with Gasteiger partial charge in [-0.15, -0.1) is 0 Å². The van der Waals surface area contributed by atoms with E-state index in [9.17, 15) is 0 Å². The Morgan fingerprint density at radius 1 is 1.33 bits per heavy atom.